The largest absolute Gasteiger partial charge is 0.338 e. The number of aryl methyl sites for hydroxylation is 1. The van der Waals surface area contributed by atoms with Gasteiger partial charge in [0.25, 0.3) is 5.91 Å². The number of piperidine rings is 1. The smallest absolute Gasteiger partial charge is 0.276 e. The Morgan fingerprint density at radius 2 is 2.10 bits per heavy atom. The highest BCUT2D eigenvalue weighted by molar-refractivity contribution is 7.80. The zero-order valence-corrected chi connectivity index (χ0v) is 19.3. The first kappa shape index (κ1) is 21.6. The van der Waals surface area contributed by atoms with E-state index in [4.69, 9.17) is 12.2 Å². The van der Waals surface area contributed by atoms with Gasteiger partial charge < -0.3 is 14.8 Å². The number of likely N-dealkylation sites (tertiary alicyclic amines) is 1. The molecule has 1 aromatic heterocycles. The number of thiocarbonyl (C=S) groups is 1. The van der Waals surface area contributed by atoms with Gasteiger partial charge in [0.15, 0.2) is 5.11 Å². The third kappa shape index (κ3) is 3.99. The van der Waals surface area contributed by atoms with Crippen LogP contribution in [0.3, 0.4) is 0 Å². The summed E-state index contributed by atoms with van der Waals surface area (Å²) in [6, 6.07) is 6.49. The van der Waals surface area contributed by atoms with Gasteiger partial charge in [-0.15, -0.1) is 0 Å². The first-order valence-corrected chi connectivity index (χ1v) is 11.6. The van der Waals surface area contributed by atoms with Crippen LogP contribution in [0.1, 0.15) is 51.2 Å². The van der Waals surface area contributed by atoms with Crippen molar-refractivity contribution in [2.45, 2.75) is 59.0 Å². The van der Waals surface area contributed by atoms with E-state index >= 15 is 0 Å². The Morgan fingerprint density at radius 1 is 1.29 bits per heavy atom. The molecular weight excluding hydrogens is 408 g/mol. The zero-order chi connectivity index (χ0) is 22.1. The van der Waals surface area contributed by atoms with Crippen LogP contribution in [0.15, 0.2) is 30.1 Å². The lowest BCUT2D eigenvalue weighted by Gasteiger charge is -2.33. The summed E-state index contributed by atoms with van der Waals surface area (Å²) >= 11 is 5.29. The predicted molar refractivity (Wildman–Crippen MR) is 127 cm³/mol. The van der Waals surface area contributed by atoms with Gasteiger partial charge in [0, 0.05) is 36.3 Å². The second kappa shape index (κ2) is 8.83. The number of hydrogen-bond acceptors (Lipinski definition) is 3. The van der Waals surface area contributed by atoms with Gasteiger partial charge in [-0.05, 0) is 63.4 Å². The number of para-hydroxylation sites is 1. The van der Waals surface area contributed by atoms with Crippen LogP contribution in [0.25, 0.3) is 17.0 Å². The minimum atomic E-state index is -0.113. The van der Waals surface area contributed by atoms with Crippen LogP contribution in [0.4, 0.5) is 0 Å². The highest BCUT2D eigenvalue weighted by Gasteiger charge is 2.30. The molecule has 0 unspecified atom stereocenters. The lowest BCUT2D eigenvalue weighted by molar-refractivity contribution is -0.135. The Bertz CT molecular complexity index is 1070. The van der Waals surface area contributed by atoms with Gasteiger partial charge in [0.05, 0.1) is 5.52 Å². The third-order valence-corrected chi connectivity index (χ3v) is 6.72. The van der Waals surface area contributed by atoms with E-state index in [2.05, 4.69) is 35.9 Å². The summed E-state index contributed by atoms with van der Waals surface area (Å²) < 4.78 is 2.06. The summed E-state index contributed by atoms with van der Waals surface area (Å²) in [4.78, 5) is 29.4. The Balaban J connectivity index is 1.73. The zero-order valence-electron chi connectivity index (χ0n) is 18.5. The van der Waals surface area contributed by atoms with E-state index in [0.29, 0.717) is 23.9 Å². The van der Waals surface area contributed by atoms with E-state index in [1.165, 1.54) is 12.0 Å². The molecule has 2 aromatic rings. The topological polar surface area (TPSA) is 57.6 Å². The Labute approximate surface area is 188 Å². The highest BCUT2D eigenvalue weighted by atomic mass is 32.1. The Morgan fingerprint density at radius 3 is 2.77 bits per heavy atom. The predicted octanol–water partition coefficient (Wildman–Crippen LogP) is 3.68. The quantitative estimate of drug-likeness (QED) is 0.572. The van der Waals surface area contributed by atoms with Gasteiger partial charge >= 0.3 is 0 Å². The van der Waals surface area contributed by atoms with Crippen LogP contribution in [-0.4, -0.2) is 50.4 Å². The van der Waals surface area contributed by atoms with Gasteiger partial charge in [0.2, 0.25) is 5.91 Å². The number of aromatic nitrogens is 1. The molecule has 31 heavy (non-hydrogen) atoms. The number of nitrogens with one attached hydrogen (secondary N) is 1. The minimum Gasteiger partial charge on any atom is -0.338 e. The number of rotatable bonds is 5. The van der Waals surface area contributed by atoms with E-state index in [1.807, 2.05) is 30.2 Å². The van der Waals surface area contributed by atoms with E-state index in [-0.39, 0.29) is 17.9 Å². The maximum atomic E-state index is 13.2. The van der Waals surface area contributed by atoms with E-state index in [0.717, 1.165) is 42.3 Å². The molecule has 1 N–H and O–H groups in total. The molecular formula is C24H30N4O2S. The van der Waals surface area contributed by atoms with Crippen LogP contribution in [-0.2, 0) is 22.6 Å². The molecule has 0 aliphatic carbocycles. The molecule has 1 atom stereocenters. The number of nitrogens with zero attached hydrogens (tertiary/aromatic N) is 3. The minimum absolute atomic E-state index is 0.113. The lowest BCUT2D eigenvalue weighted by Crippen LogP contribution is -2.43. The third-order valence-electron chi connectivity index (χ3n) is 6.40. The molecule has 0 saturated carbocycles. The van der Waals surface area contributed by atoms with Gasteiger partial charge in [0.1, 0.15) is 12.2 Å². The fourth-order valence-electron chi connectivity index (χ4n) is 4.71. The summed E-state index contributed by atoms with van der Waals surface area (Å²) in [7, 11) is 0. The number of likely N-dealkylation sites (N-methyl/N-ethyl adjacent to an activating group) is 1. The van der Waals surface area contributed by atoms with Crippen molar-refractivity contribution < 1.29 is 9.59 Å². The van der Waals surface area contributed by atoms with E-state index in [1.54, 1.807) is 4.90 Å². The molecule has 2 aliphatic heterocycles. The molecule has 2 saturated heterocycles. The first-order chi connectivity index (χ1) is 14.9. The van der Waals surface area contributed by atoms with Crippen LogP contribution >= 0.6 is 12.2 Å². The number of carbonyl (C=O) groups excluding carboxylic acids is 2. The SMILES string of the molecule is CCc1cccc2c(/C=C3\NC(=S)N(CC)C3=O)cn(CC(=O)N3CCCC[C@H]3C)c12. The lowest BCUT2D eigenvalue weighted by atomic mass is 10.0. The van der Waals surface area contributed by atoms with Crippen LogP contribution < -0.4 is 5.32 Å². The molecule has 4 rings (SSSR count). The van der Waals surface area contributed by atoms with Crippen LogP contribution in [0.5, 0.6) is 0 Å². The summed E-state index contributed by atoms with van der Waals surface area (Å²) in [5, 5.41) is 4.52. The maximum Gasteiger partial charge on any atom is 0.276 e. The average Bonchev–Trinajstić information content (AvgIpc) is 3.24. The molecule has 0 radical (unpaired) electrons. The van der Waals surface area contributed by atoms with E-state index in [9.17, 15) is 9.59 Å². The Hall–Kier alpha value is -2.67. The van der Waals surface area contributed by atoms with Gasteiger partial charge in [-0.1, -0.05) is 25.1 Å². The van der Waals surface area contributed by atoms with Gasteiger partial charge in [-0.25, -0.2) is 0 Å². The van der Waals surface area contributed by atoms with Crippen LogP contribution in [0, 0.1) is 0 Å². The summed E-state index contributed by atoms with van der Waals surface area (Å²) in [6.07, 6.45) is 8.05. The van der Waals surface area contributed by atoms with Crippen molar-refractivity contribution in [3.63, 3.8) is 0 Å². The second-order valence-corrected chi connectivity index (χ2v) is 8.74. The molecule has 2 fully saturated rings. The van der Waals surface area contributed by atoms with Crippen molar-refractivity contribution in [1.29, 1.82) is 0 Å². The van der Waals surface area contributed by atoms with Crippen molar-refractivity contribution in [2.75, 3.05) is 13.1 Å². The highest BCUT2D eigenvalue weighted by Crippen LogP contribution is 2.28. The van der Waals surface area contributed by atoms with Crippen LogP contribution in [0.2, 0.25) is 0 Å². The monoisotopic (exact) mass is 438 g/mol. The van der Waals surface area contributed by atoms with Crippen molar-refractivity contribution in [3.05, 3.63) is 41.2 Å². The summed E-state index contributed by atoms with van der Waals surface area (Å²) in [6.45, 7) is 7.84. The van der Waals surface area contributed by atoms with Gasteiger partial charge in [-0.3, -0.25) is 14.5 Å². The Kier molecular flexibility index (Phi) is 6.14. The summed E-state index contributed by atoms with van der Waals surface area (Å²) in [5.41, 5.74) is 3.65. The number of amides is 2. The second-order valence-electron chi connectivity index (χ2n) is 8.35. The molecule has 1 aromatic carbocycles. The molecule has 6 nitrogen and oxygen atoms in total. The molecule has 0 bridgehead atoms. The number of benzene rings is 1. The van der Waals surface area contributed by atoms with Crippen molar-refractivity contribution in [2.24, 2.45) is 0 Å². The summed E-state index contributed by atoms with van der Waals surface area (Å²) in [5.74, 6) is 0.0425. The number of fused-ring (bicyclic) bond motifs is 1. The fourth-order valence-corrected chi connectivity index (χ4v) is 5.03. The van der Waals surface area contributed by atoms with Gasteiger partial charge in [-0.2, -0.15) is 0 Å². The number of carbonyl (C=O) groups is 2. The molecule has 164 valence electrons. The van der Waals surface area contributed by atoms with Crippen molar-refractivity contribution >= 4 is 46.1 Å². The standard InChI is InChI=1S/C24H30N4O2S/c1-4-17-10-8-11-19-18(13-20-23(30)27(5-2)24(31)25-20)14-26(22(17)19)15-21(29)28-12-7-6-9-16(28)3/h8,10-11,13-14,16H,4-7,9,12,15H2,1-3H3,(H,25,31)/b20-13-/t16-/m1/s1. The normalized spacial score (nSPS) is 20.7. The molecule has 2 amide bonds. The maximum absolute atomic E-state index is 13.2. The fraction of sp³-hybridized carbons (Fsp3) is 0.458. The van der Waals surface area contributed by atoms with E-state index < -0.39 is 0 Å². The molecule has 2 aliphatic rings. The first-order valence-electron chi connectivity index (χ1n) is 11.2. The number of hydrogen-bond donors (Lipinski definition) is 1. The van der Waals surface area contributed by atoms with Crippen molar-refractivity contribution in [3.8, 4) is 0 Å². The molecule has 0 spiro atoms. The van der Waals surface area contributed by atoms with Crippen molar-refractivity contribution in [1.82, 2.24) is 19.7 Å². The molecule has 3 heterocycles. The average molecular weight is 439 g/mol. The molecule has 7 heteroatoms.